The number of hydrogen-bond donors (Lipinski definition) is 1. The Hall–Kier alpha value is -2.30. The molecule has 0 spiro atoms. The van der Waals surface area contributed by atoms with E-state index in [-0.39, 0.29) is 6.04 Å². The van der Waals surface area contributed by atoms with Crippen LogP contribution in [0.5, 0.6) is 0 Å². The predicted molar refractivity (Wildman–Crippen MR) is 107 cm³/mol. The van der Waals surface area contributed by atoms with E-state index in [1.165, 1.54) is 11.3 Å². The van der Waals surface area contributed by atoms with Gasteiger partial charge in [0.25, 0.3) is 0 Å². The largest absolute Gasteiger partial charge is 0.348 e. The molecule has 0 saturated carbocycles. The minimum Gasteiger partial charge on any atom is -0.348 e. The van der Waals surface area contributed by atoms with E-state index in [0.29, 0.717) is 10.1 Å². The molecular weight excluding hydrogens is 350 g/mol. The third-order valence-corrected chi connectivity index (χ3v) is 5.20. The van der Waals surface area contributed by atoms with E-state index < -0.39 is 0 Å². The Kier molecular flexibility index (Phi) is 4.47. The minimum atomic E-state index is 0.0902. The van der Waals surface area contributed by atoms with Crippen molar-refractivity contribution in [3.8, 4) is 0 Å². The molecule has 0 radical (unpaired) electrons. The molecule has 0 bridgehead atoms. The topological polar surface area (TPSA) is 20.2 Å². The summed E-state index contributed by atoms with van der Waals surface area (Å²) >= 11 is 12.0. The normalized spacial score (nSPS) is 16.4. The number of aromatic nitrogens is 1. The molecule has 1 atom stereocenters. The third kappa shape index (κ3) is 3.15. The third-order valence-electron chi connectivity index (χ3n) is 4.53. The molecule has 0 amide bonds. The number of rotatable bonds is 2. The average molecular weight is 368 g/mol. The zero-order chi connectivity index (χ0) is 17.2. The summed E-state index contributed by atoms with van der Waals surface area (Å²) in [6.45, 7) is 1.76. The van der Waals surface area contributed by atoms with Gasteiger partial charge in [0.05, 0.1) is 16.8 Å². The number of nitrogens with zero attached hydrogens (tertiary/aromatic N) is 2. The number of nitrogens with one attached hydrogen (secondary N) is 1. The second kappa shape index (κ2) is 6.90. The first-order valence-electron chi connectivity index (χ1n) is 8.26. The van der Waals surface area contributed by atoms with Gasteiger partial charge in [-0.05, 0) is 42.0 Å². The van der Waals surface area contributed by atoms with Crippen molar-refractivity contribution in [3.05, 3.63) is 89.2 Å². The van der Waals surface area contributed by atoms with Crippen LogP contribution >= 0.6 is 23.8 Å². The van der Waals surface area contributed by atoms with E-state index >= 15 is 0 Å². The van der Waals surface area contributed by atoms with Crippen LogP contribution in [0.15, 0.2) is 72.9 Å². The Morgan fingerprint density at radius 2 is 1.72 bits per heavy atom. The fraction of sp³-hybridized carbons (Fsp3) is 0.150. The zero-order valence-corrected chi connectivity index (χ0v) is 15.2. The van der Waals surface area contributed by atoms with Gasteiger partial charge in [0.1, 0.15) is 0 Å². The van der Waals surface area contributed by atoms with Crippen LogP contribution < -0.4 is 5.32 Å². The highest BCUT2D eigenvalue weighted by molar-refractivity contribution is 7.80. The molecule has 0 saturated heterocycles. The molecular formula is C20H18ClN3S. The highest BCUT2D eigenvalue weighted by Gasteiger charge is 2.30. The summed E-state index contributed by atoms with van der Waals surface area (Å²) in [5.74, 6) is 0. The fourth-order valence-electron chi connectivity index (χ4n) is 3.34. The van der Waals surface area contributed by atoms with Crippen LogP contribution in [0, 0.1) is 0 Å². The maximum absolute atomic E-state index is 6.28. The quantitative estimate of drug-likeness (QED) is 0.647. The van der Waals surface area contributed by atoms with Gasteiger partial charge in [-0.25, -0.2) is 0 Å². The van der Waals surface area contributed by atoms with Crippen molar-refractivity contribution in [3.63, 3.8) is 0 Å². The molecule has 4 rings (SSSR count). The summed E-state index contributed by atoms with van der Waals surface area (Å²) in [6.07, 6.45) is 2.13. The highest BCUT2D eigenvalue weighted by atomic mass is 35.5. The van der Waals surface area contributed by atoms with Gasteiger partial charge in [-0.2, -0.15) is 0 Å². The standard InChI is InChI=1S/C20H18ClN3S/c21-16-9-4-5-10-17(16)22-20(25)24-14-13-23-12-6-11-18(23)19(24)15-7-2-1-3-8-15/h1-12,19H,13-14H2,(H,22,25). The Bertz CT molecular complexity index is 891. The number of fused-ring (bicyclic) bond motifs is 1. The SMILES string of the molecule is S=C(Nc1ccccc1Cl)N1CCn2cccc2C1c1ccccc1. The van der Waals surface area contributed by atoms with Gasteiger partial charge >= 0.3 is 0 Å². The van der Waals surface area contributed by atoms with Crippen LogP contribution in [0.25, 0.3) is 0 Å². The Balaban J connectivity index is 1.68. The number of hydrogen-bond acceptors (Lipinski definition) is 1. The van der Waals surface area contributed by atoms with Gasteiger partial charge in [0.15, 0.2) is 5.11 Å². The average Bonchev–Trinajstić information content (AvgIpc) is 3.12. The van der Waals surface area contributed by atoms with Gasteiger partial charge in [0.2, 0.25) is 0 Å². The van der Waals surface area contributed by atoms with Crippen molar-refractivity contribution >= 4 is 34.6 Å². The molecule has 1 aliphatic heterocycles. The maximum Gasteiger partial charge on any atom is 0.174 e. The molecule has 1 aliphatic rings. The Morgan fingerprint density at radius 1 is 0.960 bits per heavy atom. The van der Waals surface area contributed by atoms with Crippen LogP contribution in [0.4, 0.5) is 5.69 Å². The van der Waals surface area contributed by atoms with Crippen molar-refractivity contribution in [2.24, 2.45) is 0 Å². The number of halogens is 1. The van der Waals surface area contributed by atoms with Crippen LogP contribution in [0.3, 0.4) is 0 Å². The first-order chi connectivity index (χ1) is 12.2. The number of thiocarbonyl (C=S) groups is 1. The lowest BCUT2D eigenvalue weighted by molar-refractivity contribution is 0.293. The number of anilines is 1. The number of benzene rings is 2. The Labute approximate surface area is 157 Å². The molecule has 25 heavy (non-hydrogen) atoms. The molecule has 3 aromatic rings. The molecule has 5 heteroatoms. The maximum atomic E-state index is 6.28. The van der Waals surface area contributed by atoms with Gasteiger partial charge < -0.3 is 14.8 Å². The monoisotopic (exact) mass is 367 g/mol. The zero-order valence-electron chi connectivity index (χ0n) is 13.6. The lowest BCUT2D eigenvalue weighted by atomic mass is 10.0. The van der Waals surface area contributed by atoms with Crippen molar-refractivity contribution in [2.45, 2.75) is 12.6 Å². The van der Waals surface area contributed by atoms with Crippen molar-refractivity contribution in [2.75, 3.05) is 11.9 Å². The van der Waals surface area contributed by atoms with Gasteiger partial charge in [-0.15, -0.1) is 0 Å². The number of para-hydroxylation sites is 1. The van der Waals surface area contributed by atoms with Gasteiger partial charge in [-0.3, -0.25) is 0 Å². The van der Waals surface area contributed by atoms with Gasteiger partial charge in [-0.1, -0.05) is 54.1 Å². The Morgan fingerprint density at radius 3 is 2.52 bits per heavy atom. The van der Waals surface area contributed by atoms with E-state index in [9.17, 15) is 0 Å². The lowest BCUT2D eigenvalue weighted by Crippen LogP contribution is -2.44. The minimum absolute atomic E-state index is 0.0902. The molecule has 1 unspecified atom stereocenters. The van der Waals surface area contributed by atoms with Crippen molar-refractivity contribution < 1.29 is 0 Å². The molecule has 0 fully saturated rings. The molecule has 1 N–H and O–H groups in total. The van der Waals surface area contributed by atoms with Crippen LogP contribution in [-0.2, 0) is 6.54 Å². The van der Waals surface area contributed by atoms with E-state index in [0.717, 1.165) is 18.8 Å². The first kappa shape index (κ1) is 16.2. The summed E-state index contributed by atoms with van der Waals surface area (Å²) in [5.41, 5.74) is 3.31. The van der Waals surface area contributed by atoms with E-state index in [2.05, 4.69) is 57.4 Å². The lowest BCUT2D eigenvalue weighted by Gasteiger charge is -2.39. The highest BCUT2D eigenvalue weighted by Crippen LogP contribution is 2.33. The van der Waals surface area contributed by atoms with E-state index in [4.69, 9.17) is 23.8 Å². The molecule has 0 aliphatic carbocycles. The molecule has 1 aromatic heterocycles. The molecule has 2 heterocycles. The van der Waals surface area contributed by atoms with Crippen LogP contribution in [0.1, 0.15) is 17.3 Å². The predicted octanol–water partition coefficient (Wildman–Crippen LogP) is 4.94. The molecule has 3 nitrogen and oxygen atoms in total. The van der Waals surface area contributed by atoms with E-state index in [1.54, 1.807) is 0 Å². The smallest absolute Gasteiger partial charge is 0.174 e. The van der Waals surface area contributed by atoms with Crippen molar-refractivity contribution in [1.82, 2.24) is 9.47 Å². The molecule has 126 valence electrons. The summed E-state index contributed by atoms with van der Waals surface area (Å²) in [5, 5.41) is 4.68. The first-order valence-corrected chi connectivity index (χ1v) is 9.05. The summed E-state index contributed by atoms with van der Waals surface area (Å²) in [7, 11) is 0. The van der Waals surface area contributed by atoms with Crippen LogP contribution in [-0.4, -0.2) is 21.1 Å². The van der Waals surface area contributed by atoms with E-state index in [1.807, 2.05) is 30.3 Å². The van der Waals surface area contributed by atoms with Gasteiger partial charge in [0, 0.05) is 25.0 Å². The van der Waals surface area contributed by atoms with Crippen LogP contribution in [0.2, 0.25) is 5.02 Å². The summed E-state index contributed by atoms with van der Waals surface area (Å²) in [6, 6.07) is 22.5. The van der Waals surface area contributed by atoms with Crippen molar-refractivity contribution in [1.29, 1.82) is 0 Å². The summed E-state index contributed by atoms with van der Waals surface area (Å²) < 4.78 is 2.30. The fourth-order valence-corrected chi connectivity index (χ4v) is 3.83. The second-order valence-corrected chi connectivity index (χ2v) is 6.84. The molecule has 2 aromatic carbocycles. The second-order valence-electron chi connectivity index (χ2n) is 6.04. The summed E-state index contributed by atoms with van der Waals surface area (Å²) in [4.78, 5) is 2.24.